The van der Waals surface area contributed by atoms with Gasteiger partial charge in [-0.15, -0.1) is 0 Å². The van der Waals surface area contributed by atoms with Crippen LogP contribution in [-0.2, 0) is 14.2 Å². The zero-order chi connectivity index (χ0) is 14.6. The first-order valence-electron chi connectivity index (χ1n) is 6.87. The second-order valence-corrected chi connectivity index (χ2v) is 5.36. The van der Waals surface area contributed by atoms with Crippen LogP contribution in [0, 0.1) is 0 Å². The van der Waals surface area contributed by atoms with Crippen molar-refractivity contribution in [1.82, 2.24) is 5.32 Å². The predicted octanol–water partition coefficient (Wildman–Crippen LogP) is 2.78. The molecule has 114 valence electrons. The molecule has 5 heteroatoms. The topological polar surface area (TPSA) is 39.7 Å². The molecule has 0 heterocycles. The maximum Gasteiger partial charge on any atom is 0.0701 e. The first kappa shape index (κ1) is 17.6. The maximum absolute atomic E-state index is 5.48. The molecule has 0 amide bonds. The molecule has 0 aliphatic rings. The van der Waals surface area contributed by atoms with Gasteiger partial charge in [0.15, 0.2) is 0 Å². The number of rotatable bonds is 11. The van der Waals surface area contributed by atoms with E-state index in [1.54, 1.807) is 7.11 Å². The lowest BCUT2D eigenvalue weighted by Gasteiger charge is -2.14. The van der Waals surface area contributed by atoms with Crippen LogP contribution in [-0.4, -0.2) is 46.7 Å². The third-order valence-corrected chi connectivity index (χ3v) is 3.40. The monoisotopic (exact) mass is 345 g/mol. The Kier molecular flexibility index (Phi) is 9.87. The summed E-state index contributed by atoms with van der Waals surface area (Å²) in [5.74, 6) is 0. The maximum atomic E-state index is 5.48. The van der Waals surface area contributed by atoms with Crippen molar-refractivity contribution in [3.63, 3.8) is 0 Å². The summed E-state index contributed by atoms with van der Waals surface area (Å²) >= 11 is 3.44. The molecule has 1 aromatic carbocycles. The second kappa shape index (κ2) is 11.2. The van der Waals surface area contributed by atoms with Gasteiger partial charge in [-0.3, -0.25) is 0 Å². The highest BCUT2D eigenvalue weighted by atomic mass is 79.9. The van der Waals surface area contributed by atoms with E-state index in [-0.39, 0.29) is 0 Å². The van der Waals surface area contributed by atoms with Gasteiger partial charge in [0.25, 0.3) is 0 Å². The van der Waals surface area contributed by atoms with E-state index in [2.05, 4.69) is 52.4 Å². The number of benzene rings is 1. The Hall–Kier alpha value is -0.460. The van der Waals surface area contributed by atoms with Crippen molar-refractivity contribution in [2.24, 2.45) is 0 Å². The second-order valence-electron chi connectivity index (χ2n) is 4.44. The molecule has 1 atom stereocenters. The summed E-state index contributed by atoms with van der Waals surface area (Å²) in [7, 11) is 1.66. The number of halogens is 1. The van der Waals surface area contributed by atoms with Gasteiger partial charge in [0.2, 0.25) is 0 Å². The van der Waals surface area contributed by atoms with Crippen molar-refractivity contribution in [3.8, 4) is 0 Å². The highest BCUT2D eigenvalue weighted by Gasteiger charge is 2.03. The van der Waals surface area contributed by atoms with Crippen LogP contribution in [0.15, 0.2) is 28.7 Å². The Bertz CT molecular complexity index is 345. The Labute approximate surface area is 129 Å². The summed E-state index contributed by atoms with van der Waals surface area (Å²) in [5, 5.41) is 3.43. The first-order chi connectivity index (χ1) is 9.74. The summed E-state index contributed by atoms with van der Waals surface area (Å²) in [4.78, 5) is 0. The average Bonchev–Trinajstić information content (AvgIpc) is 2.46. The zero-order valence-electron chi connectivity index (χ0n) is 12.2. The van der Waals surface area contributed by atoms with Crippen LogP contribution >= 0.6 is 15.9 Å². The zero-order valence-corrected chi connectivity index (χ0v) is 13.8. The lowest BCUT2D eigenvalue weighted by atomic mass is 10.1. The van der Waals surface area contributed by atoms with Gasteiger partial charge in [-0.2, -0.15) is 0 Å². The third-order valence-electron chi connectivity index (χ3n) is 2.87. The van der Waals surface area contributed by atoms with Crippen LogP contribution < -0.4 is 5.32 Å². The average molecular weight is 346 g/mol. The molecule has 1 rings (SSSR count). The SMILES string of the molecule is COCCOCCOCCN[C@@H](C)c1ccc(Br)cc1. The fourth-order valence-electron chi connectivity index (χ4n) is 1.68. The molecule has 0 fully saturated rings. The normalized spacial score (nSPS) is 12.6. The lowest BCUT2D eigenvalue weighted by Crippen LogP contribution is -2.24. The smallest absolute Gasteiger partial charge is 0.0701 e. The quantitative estimate of drug-likeness (QED) is 0.626. The van der Waals surface area contributed by atoms with Crippen molar-refractivity contribution < 1.29 is 14.2 Å². The van der Waals surface area contributed by atoms with E-state index >= 15 is 0 Å². The van der Waals surface area contributed by atoms with E-state index in [4.69, 9.17) is 14.2 Å². The summed E-state index contributed by atoms with van der Waals surface area (Å²) < 4.78 is 16.8. The van der Waals surface area contributed by atoms with E-state index in [1.807, 2.05) is 0 Å². The van der Waals surface area contributed by atoms with Gasteiger partial charge in [0.05, 0.1) is 33.0 Å². The number of methoxy groups -OCH3 is 1. The Morgan fingerprint density at radius 2 is 1.60 bits per heavy atom. The molecule has 1 aromatic rings. The van der Waals surface area contributed by atoms with Crippen LogP contribution in [0.5, 0.6) is 0 Å². The van der Waals surface area contributed by atoms with E-state index < -0.39 is 0 Å². The number of hydrogen-bond acceptors (Lipinski definition) is 4. The molecule has 0 aliphatic heterocycles. The molecule has 0 aromatic heterocycles. The molecule has 20 heavy (non-hydrogen) atoms. The van der Waals surface area contributed by atoms with Gasteiger partial charge < -0.3 is 19.5 Å². The minimum absolute atomic E-state index is 0.324. The molecule has 0 saturated heterocycles. The number of hydrogen-bond donors (Lipinski definition) is 1. The van der Waals surface area contributed by atoms with E-state index in [0.717, 1.165) is 11.0 Å². The molecule has 0 bridgehead atoms. The molecule has 0 unspecified atom stereocenters. The minimum Gasteiger partial charge on any atom is -0.382 e. The molecule has 0 saturated carbocycles. The number of nitrogens with one attached hydrogen (secondary N) is 1. The van der Waals surface area contributed by atoms with E-state index in [0.29, 0.717) is 39.1 Å². The van der Waals surface area contributed by atoms with Gasteiger partial charge in [-0.05, 0) is 24.6 Å². The van der Waals surface area contributed by atoms with E-state index in [9.17, 15) is 0 Å². The van der Waals surface area contributed by atoms with Crippen molar-refractivity contribution in [2.45, 2.75) is 13.0 Å². The first-order valence-corrected chi connectivity index (χ1v) is 7.66. The highest BCUT2D eigenvalue weighted by Crippen LogP contribution is 2.16. The predicted molar refractivity (Wildman–Crippen MR) is 84.1 cm³/mol. The molecular formula is C15H24BrNO3. The van der Waals surface area contributed by atoms with Gasteiger partial charge in [-0.25, -0.2) is 0 Å². The van der Waals surface area contributed by atoms with Crippen LogP contribution in [0.4, 0.5) is 0 Å². The summed E-state index contributed by atoms with van der Waals surface area (Å²) in [6.45, 7) is 6.16. The summed E-state index contributed by atoms with van der Waals surface area (Å²) in [6.07, 6.45) is 0. The van der Waals surface area contributed by atoms with E-state index in [1.165, 1.54) is 5.56 Å². The number of ether oxygens (including phenoxy) is 3. The van der Waals surface area contributed by atoms with Crippen molar-refractivity contribution in [1.29, 1.82) is 0 Å². The molecule has 4 nitrogen and oxygen atoms in total. The Morgan fingerprint density at radius 3 is 2.25 bits per heavy atom. The van der Waals surface area contributed by atoms with Gasteiger partial charge >= 0.3 is 0 Å². The van der Waals surface area contributed by atoms with Gasteiger partial charge in [0.1, 0.15) is 0 Å². The highest BCUT2D eigenvalue weighted by molar-refractivity contribution is 9.10. The van der Waals surface area contributed by atoms with Crippen molar-refractivity contribution in [3.05, 3.63) is 34.3 Å². The molecule has 0 spiro atoms. The van der Waals surface area contributed by atoms with Crippen molar-refractivity contribution in [2.75, 3.05) is 46.7 Å². The fraction of sp³-hybridized carbons (Fsp3) is 0.600. The standard InChI is InChI=1S/C15H24BrNO3/c1-13(14-3-5-15(16)6-4-14)17-7-8-19-11-12-20-10-9-18-2/h3-6,13,17H,7-12H2,1-2H3/t13-/m0/s1. The summed E-state index contributed by atoms with van der Waals surface area (Å²) in [6, 6.07) is 8.67. The Balaban J connectivity index is 1.99. The molecule has 1 N–H and O–H groups in total. The van der Waals surface area contributed by atoms with Crippen LogP contribution in [0.25, 0.3) is 0 Å². The Morgan fingerprint density at radius 1 is 1.00 bits per heavy atom. The molecule has 0 radical (unpaired) electrons. The van der Waals surface area contributed by atoms with Gasteiger partial charge in [-0.1, -0.05) is 28.1 Å². The summed E-state index contributed by atoms with van der Waals surface area (Å²) in [5.41, 5.74) is 1.27. The lowest BCUT2D eigenvalue weighted by molar-refractivity contribution is 0.0253. The third kappa shape index (κ3) is 7.97. The largest absolute Gasteiger partial charge is 0.382 e. The van der Waals surface area contributed by atoms with Crippen LogP contribution in [0.1, 0.15) is 18.5 Å². The van der Waals surface area contributed by atoms with Crippen molar-refractivity contribution >= 4 is 15.9 Å². The van der Waals surface area contributed by atoms with Crippen LogP contribution in [0.2, 0.25) is 0 Å². The fourth-order valence-corrected chi connectivity index (χ4v) is 1.95. The molecule has 0 aliphatic carbocycles. The molecular weight excluding hydrogens is 322 g/mol. The van der Waals surface area contributed by atoms with Gasteiger partial charge in [0, 0.05) is 24.2 Å². The van der Waals surface area contributed by atoms with Crippen LogP contribution in [0.3, 0.4) is 0 Å². The minimum atomic E-state index is 0.324.